The van der Waals surface area contributed by atoms with Crippen LogP contribution >= 0.6 is 0 Å². The van der Waals surface area contributed by atoms with Crippen molar-refractivity contribution >= 4 is 23.3 Å². The zero-order chi connectivity index (χ0) is 25.3. The highest BCUT2D eigenvalue weighted by Gasteiger charge is 2.28. The number of nitrogens with one attached hydrogen (secondary N) is 2. The number of anilines is 1. The molecule has 0 fully saturated rings. The Morgan fingerprint density at radius 1 is 0.667 bits per heavy atom. The average Bonchev–Trinajstić information content (AvgIpc) is 2.90. The Bertz CT molecular complexity index is 1280. The Morgan fingerprint density at radius 2 is 1.22 bits per heavy atom. The standard InChI is InChI=1S/C31H28N2O3/c1-22(34)26-18-11-19-27(21-26)32-30(35)28(20-23-12-5-2-6-13-23)33-31(36)29(24-14-7-3-8-15-24)25-16-9-4-10-17-25/h2-19,21,28-29H,20H2,1H3,(H,32,35)(H,33,36)/t28-/m1/s1. The van der Waals surface area contributed by atoms with Crippen LogP contribution in [0.1, 0.15) is 39.9 Å². The van der Waals surface area contributed by atoms with Gasteiger partial charge in [0.15, 0.2) is 5.78 Å². The molecule has 1 atom stereocenters. The summed E-state index contributed by atoms with van der Waals surface area (Å²) in [5.74, 6) is -1.28. The summed E-state index contributed by atoms with van der Waals surface area (Å²) in [6, 6.07) is 34.6. The van der Waals surface area contributed by atoms with E-state index in [0.29, 0.717) is 17.7 Å². The van der Waals surface area contributed by atoms with Gasteiger partial charge in [0, 0.05) is 17.7 Å². The number of benzene rings is 4. The third-order valence-electron chi connectivity index (χ3n) is 5.98. The summed E-state index contributed by atoms with van der Waals surface area (Å²) in [6.07, 6.45) is 0.321. The summed E-state index contributed by atoms with van der Waals surface area (Å²) in [5, 5.41) is 5.88. The predicted octanol–water partition coefficient (Wildman–Crippen LogP) is 5.39. The van der Waals surface area contributed by atoms with Crippen LogP contribution in [-0.2, 0) is 16.0 Å². The maximum Gasteiger partial charge on any atom is 0.247 e. The lowest BCUT2D eigenvalue weighted by molar-refractivity contribution is -0.126. The van der Waals surface area contributed by atoms with E-state index in [9.17, 15) is 14.4 Å². The van der Waals surface area contributed by atoms with Crippen LogP contribution in [0.5, 0.6) is 0 Å². The van der Waals surface area contributed by atoms with E-state index in [-0.39, 0.29) is 17.6 Å². The summed E-state index contributed by atoms with van der Waals surface area (Å²) >= 11 is 0. The Balaban J connectivity index is 1.62. The van der Waals surface area contributed by atoms with E-state index in [2.05, 4.69) is 10.6 Å². The molecule has 0 aliphatic carbocycles. The highest BCUT2D eigenvalue weighted by molar-refractivity contribution is 6.00. The van der Waals surface area contributed by atoms with Gasteiger partial charge in [-0.3, -0.25) is 14.4 Å². The summed E-state index contributed by atoms with van der Waals surface area (Å²) in [5.41, 5.74) is 3.61. The molecule has 4 aromatic carbocycles. The average molecular weight is 477 g/mol. The van der Waals surface area contributed by atoms with Crippen LogP contribution in [0.3, 0.4) is 0 Å². The molecule has 2 N–H and O–H groups in total. The molecule has 0 spiro atoms. The number of rotatable bonds is 9. The predicted molar refractivity (Wildman–Crippen MR) is 142 cm³/mol. The number of ketones is 1. The van der Waals surface area contributed by atoms with Gasteiger partial charge >= 0.3 is 0 Å². The molecule has 0 aromatic heterocycles. The van der Waals surface area contributed by atoms with Crippen molar-refractivity contribution in [2.24, 2.45) is 0 Å². The highest BCUT2D eigenvalue weighted by atomic mass is 16.2. The lowest BCUT2D eigenvalue weighted by Gasteiger charge is -2.23. The van der Waals surface area contributed by atoms with E-state index in [0.717, 1.165) is 16.7 Å². The summed E-state index contributed by atoms with van der Waals surface area (Å²) in [4.78, 5) is 38.9. The molecule has 0 unspecified atom stereocenters. The number of amides is 2. The monoisotopic (exact) mass is 476 g/mol. The second-order valence-corrected chi connectivity index (χ2v) is 8.63. The van der Waals surface area contributed by atoms with Gasteiger partial charge in [0.25, 0.3) is 0 Å². The van der Waals surface area contributed by atoms with Gasteiger partial charge in [-0.25, -0.2) is 0 Å². The molecule has 0 heterocycles. The van der Waals surface area contributed by atoms with Crippen LogP contribution < -0.4 is 10.6 Å². The van der Waals surface area contributed by atoms with Crippen molar-refractivity contribution in [1.82, 2.24) is 5.32 Å². The normalized spacial score (nSPS) is 11.5. The summed E-state index contributed by atoms with van der Waals surface area (Å²) in [7, 11) is 0. The Hall–Kier alpha value is -4.51. The van der Waals surface area contributed by atoms with Crippen molar-refractivity contribution in [3.8, 4) is 0 Å². The Labute approximate surface area is 211 Å². The number of Topliss-reactive ketones (excluding diaryl/α,β-unsaturated/α-hetero) is 1. The van der Waals surface area contributed by atoms with E-state index in [1.807, 2.05) is 91.0 Å². The van der Waals surface area contributed by atoms with Crippen molar-refractivity contribution in [1.29, 1.82) is 0 Å². The first kappa shape index (κ1) is 24.6. The molecule has 0 aliphatic heterocycles. The van der Waals surface area contributed by atoms with Gasteiger partial charge in [0.1, 0.15) is 6.04 Å². The third kappa shape index (κ3) is 6.33. The van der Waals surface area contributed by atoms with Crippen LogP contribution in [0.2, 0.25) is 0 Å². The van der Waals surface area contributed by atoms with Gasteiger partial charge in [0.05, 0.1) is 5.92 Å². The molecule has 4 rings (SSSR count). The molecule has 0 saturated carbocycles. The SMILES string of the molecule is CC(=O)c1cccc(NC(=O)[C@@H](Cc2ccccc2)NC(=O)C(c2ccccc2)c2ccccc2)c1. The fraction of sp³-hybridized carbons (Fsp3) is 0.129. The van der Waals surface area contributed by atoms with Gasteiger partial charge in [-0.05, 0) is 35.7 Å². The second kappa shape index (κ2) is 11.8. The van der Waals surface area contributed by atoms with E-state index in [1.54, 1.807) is 24.3 Å². The van der Waals surface area contributed by atoms with Crippen LogP contribution in [0.4, 0.5) is 5.69 Å². The smallest absolute Gasteiger partial charge is 0.247 e. The van der Waals surface area contributed by atoms with Crippen LogP contribution in [0.15, 0.2) is 115 Å². The van der Waals surface area contributed by atoms with Gasteiger partial charge in [0.2, 0.25) is 11.8 Å². The van der Waals surface area contributed by atoms with E-state index in [4.69, 9.17) is 0 Å². The molecule has 0 bridgehead atoms. The number of carbonyl (C=O) groups excluding carboxylic acids is 3. The third-order valence-corrected chi connectivity index (χ3v) is 5.98. The first-order valence-corrected chi connectivity index (χ1v) is 11.9. The molecular formula is C31H28N2O3. The fourth-order valence-electron chi connectivity index (χ4n) is 4.15. The molecule has 180 valence electrons. The van der Waals surface area contributed by atoms with Crippen LogP contribution in [0.25, 0.3) is 0 Å². The maximum absolute atomic E-state index is 13.7. The largest absolute Gasteiger partial charge is 0.343 e. The topological polar surface area (TPSA) is 75.3 Å². The lowest BCUT2D eigenvalue weighted by Crippen LogP contribution is -2.47. The highest BCUT2D eigenvalue weighted by Crippen LogP contribution is 2.25. The van der Waals surface area contributed by atoms with Gasteiger partial charge in [-0.15, -0.1) is 0 Å². The minimum absolute atomic E-state index is 0.0891. The molecule has 36 heavy (non-hydrogen) atoms. The second-order valence-electron chi connectivity index (χ2n) is 8.63. The minimum atomic E-state index is -0.823. The minimum Gasteiger partial charge on any atom is -0.343 e. The Kier molecular flexibility index (Phi) is 8.04. The van der Waals surface area contributed by atoms with Crippen molar-refractivity contribution in [3.63, 3.8) is 0 Å². The van der Waals surface area contributed by atoms with Gasteiger partial charge < -0.3 is 10.6 Å². The van der Waals surface area contributed by atoms with Crippen molar-refractivity contribution in [3.05, 3.63) is 138 Å². The molecule has 4 aromatic rings. The Morgan fingerprint density at radius 3 is 1.78 bits per heavy atom. The van der Waals surface area contributed by atoms with Crippen LogP contribution in [0, 0.1) is 0 Å². The molecule has 0 radical (unpaired) electrons. The zero-order valence-corrected chi connectivity index (χ0v) is 20.1. The van der Waals surface area contributed by atoms with Crippen molar-refractivity contribution in [2.45, 2.75) is 25.3 Å². The van der Waals surface area contributed by atoms with E-state index < -0.39 is 12.0 Å². The molecule has 0 saturated heterocycles. The van der Waals surface area contributed by atoms with Crippen molar-refractivity contribution < 1.29 is 14.4 Å². The number of hydrogen-bond donors (Lipinski definition) is 2. The number of carbonyl (C=O) groups is 3. The van der Waals surface area contributed by atoms with E-state index >= 15 is 0 Å². The lowest BCUT2D eigenvalue weighted by atomic mass is 9.90. The van der Waals surface area contributed by atoms with Gasteiger partial charge in [-0.1, -0.05) is 103 Å². The molecule has 0 aliphatic rings. The number of hydrogen-bond acceptors (Lipinski definition) is 3. The summed E-state index contributed by atoms with van der Waals surface area (Å²) < 4.78 is 0. The van der Waals surface area contributed by atoms with E-state index in [1.165, 1.54) is 6.92 Å². The molecular weight excluding hydrogens is 448 g/mol. The maximum atomic E-state index is 13.7. The first-order valence-electron chi connectivity index (χ1n) is 11.9. The molecule has 5 nitrogen and oxygen atoms in total. The molecule has 5 heteroatoms. The molecule has 2 amide bonds. The van der Waals surface area contributed by atoms with Gasteiger partial charge in [-0.2, -0.15) is 0 Å². The summed E-state index contributed by atoms with van der Waals surface area (Å²) in [6.45, 7) is 1.48. The fourth-order valence-corrected chi connectivity index (χ4v) is 4.15. The first-order chi connectivity index (χ1) is 17.5. The quantitative estimate of drug-likeness (QED) is 0.318. The van der Waals surface area contributed by atoms with Crippen molar-refractivity contribution in [2.75, 3.05) is 5.32 Å². The zero-order valence-electron chi connectivity index (χ0n) is 20.1. The van der Waals surface area contributed by atoms with Crippen LogP contribution in [-0.4, -0.2) is 23.6 Å².